The van der Waals surface area contributed by atoms with Crippen molar-refractivity contribution in [2.24, 2.45) is 22.7 Å². The first-order chi connectivity index (χ1) is 9.15. The minimum Gasteiger partial charge on any atom is -0.330 e. The number of hydrogen-bond donors (Lipinski definition) is 1. The standard InChI is InChI=1S/C13H19N5O/c1-9(2)12-10(5-3-7-14)13(19)18(17-12)11-6-4-8-15-16-11/h4,6,8-10H,3,5,7,14H2,1-2H3. The van der Waals surface area contributed by atoms with Crippen LogP contribution in [-0.4, -0.2) is 28.4 Å². The van der Waals surface area contributed by atoms with E-state index in [-0.39, 0.29) is 17.7 Å². The quantitative estimate of drug-likeness (QED) is 0.862. The van der Waals surface area contributed by atoms with E-state index >= 15 is 0 Å². The maximum absolute atomic E-state index is 12.4. The van der Waals surface area contributed by atoms with Gasteiger partial charge in [-0.05, 0) is 37.4 Å². The number of aromatic nitrogens is 2. The minimum atomic E-state index is -0.175. The smallest absolute Gasteiger partial charge is 0.257 e. The van der Waals surface area contributed by atoms with Gasteiger partial charge < -0.3 is 5.73 Å². The molecule has 1 atom stereocenters. The van der Waals surface area contributed by atoms with E-state index in [2.05, 4.69) is 15.3 Å². The Bertz CT molecular complexity index is 471. The fourth-order valence-electron chi connectivity index (χ4n) is 2.19. The Labute approximate surface area is 112 Å². The predicted molar refractivity (Wildman–Crippen MR) is 73.6 cm³/mol. The molecule has 2 rings (SSSR count). The van der Waals surface area contributed by atoms with Crippen LogP contribution in [0, 0.1) is 11.8 Å². The molecule has 0 aromatic carbocycles. The van der Waals surface area contributed by atoms with Gasteiger partial charge in [0.25, 0.3) is 5.91 Å². The van der Waals surface area contributed by atoms with Crippen molar-refractivity contribution in [2.75, 3.05) is 11.6 Å². The van der Waals surface area contributed by atoms with Gasteiger partial charge in [0.05, 0.1) is 11.6 Å². The molecule has 2 heterocycles. The lowest BCUT2D eigenvalue weighted by Gasteiger charge is -2.13. The number of nitrogens with zero attached hydrogens (tertiary/aromatic N) is 4. The third kappa shape index (κ3) is 2.78. The van der Waals surface area contributed by atoms with E-state index in [9.17, 15) is 4.79 Å². The first-order valence-corrected chi connectivity index (χ1v) is 6.55. The molecule has 0 radical (unpaired) electrons. The molecule has 0 spiro atoms. The van der Waals surface area contributed by atoms with Crippen molar-refractivity contribution < 1.29 is 4.79 Å². The van der Waals surface area contributed by atoms with Crippen LogP contribution in [0.3, 0.4) is 0 Å². The van der Waals surface area contributed by atoms with Crippen LogP contribution >= 0.6 is 0 Å². The van der Waals surface area contributed by atoms with Crippen LogP contribution in [0.25, 0.3) is 0 Å². The van der Waals surface area contributed by atoms with Crippen molar-refractivity contribution in [3.05, 3.63) is 18.3 Å². The fourth-order valence-corrected chi connectivity index (χ4v) is 2.19. The second kappa shape index (κ2) is 5.88. The Balaban J connectivity index is 2.26. The zero-order chi connectivity index (χ0) is 13.8. The van der Waals surface area contributed by atoms with Crippen LogP contribution in [0.2, 0.25) is 0 Å². The lowest BCUT2D eigenvalue weighted by molar-refractivity contribution is -0.120. The number of amides is 1. The van der Waals surface area contributed by atoms with Gasteiger partial charge in [0, 0.05) is 6.20 Å². The van der Waals surface area contributed by atoms with Crippen molar-refractivity contribution in [2.45, 2.75) is 26.7 Å². The van der Waals surface area contributed by atoms with E-state index in [1.54, 1.807) is 18.3 Å². The van der Waals surface area contributed by atoms with E-state index in [1.165, 1.54) is 5.01 Å². The van der Waals surface area contributed by atoms with Crippen LogP contribution in [0.5, 0.6) is 0 Å². The third-order valence-corrected chi connectivity index (χ3v) is 3.14. The lowest BCUT2D eigenvalue weighted by Crippen LogP contribution is -2.29. The van der Waals surface area contributed by atoms with Gasteiger partial charge in [-0.15, -0.1) is 5.10 Å². The highest BCUT2D eigenvalue weighted by molar-refractivity contribution is 6.15. The molecule has 2 N–H and O–H groups in total. The molecule has 1 aliphatic heterocycles. The summed E-state index contributed by atoms with van der Waals surface area (Å²) in [6, 6.07) is 3.48. The van der Waals surface area contributed by atoms with Crippen molar-refractivity contribution in [1.29, 1.82) is 0 Å². The first-order valence-electron chi connectivity index (χ1n) is 6.55. The average Bonchev–Trinajstić information content (AvgIpc) is 2.75. The topological polar surface area (TPSA) is 84.5 Å². The highest BCUT2D eigenvalue weighted by Gasteiger charge is 2.37. The Kier molecular flexibility index (Phi) is 4.21. The van der Waals surface area contributed by atoms with E-state index < -0.39 is 0 Å². The SMILES string of the molecule is CC(C)C1=NN(c2cccnn2)C(=O)C1CCCN. The number of carbonyl (C=O) groups excluding carboxylic acids is 1. The van der Waals surface area contributed by atoms with Gasteiger partial charge in [-0.25, -0.2) is 0 Å². The van der Waals surface area contributed by atoms with Gasteiger partial charge in [0.2, 0.25) is 0 Å². The van der Waals surface area contributed by atoms with Gasteiger partial charge >= 0.3 is 0 Å². The molecule has 1 aromatic heterocycles. The Hall–Kier alpha value is -1.82. The highest BCUT2D eigenvalue weighted by atomic mass is 16.2. The van der Waals surface area contributed by atoms with Crippen molar-refractivity contribution in [3.8, 4) is 0 Å². The molecule has 1 unspecified atom stereocenters. The Morgan fingerprint density at radius 2 is 2.26 bits per heavy atom. The maximum Gasteiger partial charge on any atom is 0.257 e. The fraction of sp³-hybridized carbons (Fsp3) is 0.538. The summed E-state index contributed by atoms with van der Waals surface area (Å²) in [6.07, 6.45) is 3.13. The van der Waals surface area contributed by atoms with Gasteiger partial charge in [-0.3, -0.25) is 4.79 Å². The van der Waals surface area contributed by atoms with E-state index in [1.807, 2.05) is 13.8 Å². The van der Waals surface area contributed by atoms with Crippen LogP contribution in [-0.2, 0) is 4.79 Å². The van der Waals surface area contributed by atoms with E-state index in [0.29, 0.717) is 12.4 Å². The van der Waals surface area contributed by atoms with Crippen molar-refractivity contribution in [1.82, 2.24) is 10.2 Å². The third-order valence-electron chi connectivity index (χ3n) is 3.14. The molecule has 0 bridgehead atoms. The molecule has 0 saturated carbocycles. The number of anilines is 1. The predicted octanol–water partition coefficient (Wildman–Crippen LogP) is 1.19. The van der Waals surface area contributed by atoms with Crippen LogP contribution in [0.1, 0.15) is 26.7 Å². The summed E-state index contributed by atoms with van der Waals surface area (Å²) in [5.41, 5.74) is 6.44. The number of nitrogens with two attached hydrogens (primary N) is 1. The summed E-state index contributed by atoms with van der Waals surface area (Å²) < 4.78 is 0. The number of hydrazone groups is 1. The Morgan fingerprint density at radius 3 is 2.84 bits per heavy atom. The average molecular weight is 261 g/mol. The summed E-state index contributed by atoms with van der Waals surface area (Å²) in [5, 5.41) is 13.5. The zero-order valence-electron chi connectivity index (χ0n) is 11.3. The molecule has 0 fully saturated rings. The molecule has 1 aromatic rings. The van der Waals surface area contributed by atoms with Crippen LogP contribution in [0.4, 0.5) is 5.82 Å². The number of rotatable bonds is 5. The highest BCUT2D eigenvalue weighted by Crippen LogP contribution is 2.27. The van der Waals surface area contributed by atoms with Crippen LogP contribution in [0.15, 0.2) is 23.4 Å². The molecule has 0 saturated heterocycles. The van der Waals surface area contributed by atoms with Crippen LogP contribution < -0.4 is 10.7 Å². The monoisotopic (exact) mass is 261 g/mol. The molecule has 0 aliphatic carbocycles. The largest absolute Gasteiger partial charge is 0.330 e. The van der Waals surface area contributed by atoms with Crippen molar-refractivity contribution in [3.63, 3.8) is 0 Å². The molecular formula is C13H19N5O. The van der Waals surface area contributed by atoms with Gasteiger partial charge in [0.1, 0.15) is 0 Å². The van der Waals surface area contributed by atoms with Gasteiger partial charge in [-0.2, -0.15) is 15.2 Å². The van der Waals surface area contributed by atoms with Gasteiger partial charge in [-0.1, -0.05) is 13.8 Å². The summed E-state index contributed by atoms with van der Waals surface area (Å²) in [6.45, 7) is 4.67. The summed E-state index contributed by atoms with van der Waals surface area (Å²) >= 11 is 0. The maximum atomic E-state index is 12.4. The molecule has 6 heteroatoms. The summed E-state index contributed by atoms with van der Waals surface area (Å²) in [5.74, 6) is 0.498. The summed E-state index contributed by atoms with van der Waals surface area (Å²) in [7, 11) is 0. The Morgan fingerprint density at radius 1 is 1.47 bits per heavy atom. The minimum absolute atomic E-state index is 0.0300. The second-order valence-corrected chi connectivity index (χ2v) is 4.89. The first kappa shape index (κ1) is 13.6. The molecule has 19 heavy (non-hydrogen) atoms. The van der Waals surface area contributed by atoms with Gasteiger partial charge in [0.15, 0.2) is 5.82 Å². The molecule has 1 aliphatic rings. The van der Waals surface area contributed by atoms with Crippen molar-refractivity contribution >= 4 is 17.4 Å². The van der Waals surface area contributed by atoms with E-state index in [4.69, 9.17) is 5.73 Å². The van der Waals surface area contributed by atoms with E-state index in [0.717, 1.165) is 18.6 Å². The molecule has 6 nitrogen and oxygen atoms in total. The lowest BCUT2D eigenvalue weighted by atomic mass is 9.90. The number of carbonyl (C=O) groups is 1. The number of hydrogen-bond acceptors (Lipinski definition) is 5. The molecule has 102 valence electrons. The molecule has 1 amide bonds. The molecular weight excluding hydrogens is 242 g/mol. The second-order valence-electron chi connectivity index (χ2n) is 4.89. The zero-order valence-corrected chi connectivity index (χ0v) is 11.3. The summed E-state index contributed by atoms with van der Waals surface area (Å²) in [4.78, 5) is 12.4. The normalized spacial score (nSPS) is 19.2.